The topological polar surface area (TPSA) is 41.1 Å². The van der Waals surface area contributed by atoms with Crippen LogP contribution in [0.3, 0.4) is 0 Å². The smallest absolute Gasteiger partial charge is 0.332 e. The maximum Gasteiger partial charge on any atom is 0.393 e. The molecular weight excluding hydrogens is 373 g/mol. The maximum absolute atomic E-state index is 12.5. The molecule has 0 saturated heterocycles. The first-order valence-electron chi connectivity index (χ1n) is 8.64. The largest absolute Gasteiger partial charge is 0.393 e. The summed E-state index contributed by atoms with van der Waals surface area (Å²) in [5, 5.41) is 5.47. The monoisotopic (exact) mass is 394 g/mol. The van der Waals surface area contributed by atoms with Crippen molar-refractivity contribution in [3.05, 3.63) is 65.2 Å². The fourth-order valence-electron chi connectivity index (χ4n) is 2.53. The fourth-order valence-corrected chi connectivity index (χ4v) is 2.74. The summed E-state index contributed by atoms with van der Waals surface area (Å²) >= 11 is 5.11. The van der Waals surface area contributed by atoms with Gasteiger partial charge in [-0.15, -0.1) is 0 Å². The van der Waals surface area contributed by atoms with E-state index in [1.54, 1.807) is 0 Å². The van der Waals surface area contributed by atoms with E-state index in [1.807, 2.05) is 24.3 Å². The predicted molar refractivity (Wildman–Crippen MR) is 105 cm³/mol. The zero-order valence-corrected chi connectivity index (χ0v) is 15.7. The number of rotatable bonds is 6. The summed E-state index contributed by atoms with van der Waals surface area (Å²) in [5.74, 6) is -0.559. The molecule has 27 heavy (non-hydrogen) atoms. The van der Waals surface area contributed by atoms with Crippen molar-refractivity contribution >= 4 is 28.9 Å². The van der Waals surface area contributed by atoms with Gasteiger partial charge in [0.2, 0.25) is 0 Å². The Morgan fingerprint density at radius 2 is 1.78 bits per heavy atom. The van der Waals surface area contributed by atoms with Gasteiger partial charge in [0.25, 0.3) is 5.91 Å². The normalized spacial score (nSPS) is 11.1. The lowest BCUT2D eigenvalue weighted by molar-refractivity contribution is -0.127. The zero-order valence-electron chi connectivity index (χ0n) is 14.9. The van der Waals surface area contributed by atoms with E-state index in [0.717, 1.165) is 24.9 Å². The van der Waals surface area contributed by atoms with Gasteiger partial charge in [0, 0.05) is 11.3 Å². The number of hydrogen-bond acceptors (Lipinski definition) is 2. The van der Waals surface area contributed by atoms with Crippen LogP contribution >= 0.6 is 12.2 Å². The summed E-state index contributed by atoms with van der Waals surface area (Å²) in [7, 11) is 0. The van der Waals surface area contributed by atoms with E-state index >= 15 is 0 Å². The molecule has 0 unspecified atom stereocenters. The number of benzene rings is 2. The van der Waals surface area contributed by atoms with Crippen molar-refractivity contribution < 1.29 is 18.0 Å². The number of hydrogen-bond donors (Lipinski definition) is 2. The Morgan fingerprint density at radius 1 is 1.07 bits per heavy atom. The highest BCUT2D eigenvalue weighted by Crippen LogP contribution is 2.21. The van der Waals surface area contributed by atoms with E-state index in [-0.39, 0.29) is 16.2 Å². The van der Waals surface area contributed by atoms with Gasteiger partial charge >= 0.3 is 6.18 Å². The SMILES string of the molecule is CCCCc1ccc(NC(=S)NC(=O)c2cccc(CC(F)(F)F)c2)cc1. The van der Waals surface area contributed by atoms with Gasteiger partial charge in [0.15, 0.2) is 5.11 Å². The molecule has 0 bridgehead atoms. The summed E-state index contributed by atoms with van der Waals surface area (Å²) in [4.78, 5) is 12.2. The molecule has 0 fully saturated rings. The number of alkyl halides is 3. The molecule has 2 aromatic carbocycles. The number of carbonyl (C=O) groups is 1. The maximum atomic E-state index is 12.5. The van der Waals surface area contributed by atoms with Crippen LogP contribution in [0.5, 0.6) is 0 Å². The number of halogens is 3. The van der Waals surface area contributed by atoms with Crippen LogP contribution in [0, 0.1) is 0 Å². The lowest BCUT2D eigenvalue weighted by Gasteiger charge is -2.11. The molecule has 2 rings (SSSR count). The summed E-state index contributed by atoms with van der Waals surface area (Å²) in [5.41, 5.74) is 2.10. The molecule has 0 spiro atoms. The highest BCUT2D eigenvalue weighted by molar-refractivity contribution is 7.80. The minimum atomic E-state index is -4.32. The molecule has 0 atom stereocenters. The van der Waals surface area contributed by atoms with Crippen molar-refractivity contribution in [1.29, 1.82) is 0 Å². The third-order valence-corrected chi connectivity index (χ3v) is 4.06. The van der Waals surface area contributed by atoms with Gasteiger partial charge in [-0.05, 0) is 60.5 Å². The summed E-state index contributed by atoms with van der Waals surface area (Å²) in [6.07, 6.45) is -2.16. The third-order valence-electron chi connectivity index (χ3n) is 3.85. The summed E-state index contributed by atoms with van der Waals surface area (Å²) in [6, 6.07) is 13.1. The van der Waals surface area contributed by atoms with E-state index in [1.165, 1.54) is 29.8 Å². The van der Waals surface area contributed by atoms with Crippen LogP contribution in [-0.2, 0) is 12.8 Å². The minimum Gasteiger partial charge on any atom is -0.332 e. The van der Waals surface area contributed by atoms with Crippen molar-refractivity contribution in [2.24, 2.45) is 0 Å². The van der Waals surface area contributed by atoms with E-state index < -0.39 is 18.5 Å². The number of anilines is 1. The number of amides is 1. The van der Waals surface area contributed by atoms with Gasteiger partial charge in [-0.1, -0.05) is 37.6 Å². The number of unbranched alkanes of at least 4 members (excludes halogenated alkanes) is 1. The number of nitrogens with one attached hydrogen (secondary N) is 2. The molecule has 0 heterocycles. The third kappa shape index (κ3) is 7.38. The van der Waals surface area contributed by atoms with Crippen LogP contribution in [0.2, 0.25) is 0 Å². The van der Waals surface area contributed by atoms with Crippen LogP contribution in [0.4, 0.5) is 18.9 Å². The van der Waals surface area contributed by atoms with E-state index in [9.17, 15) is 18.0 Å². The van der Waals surface area contributed by atoms with Gasteiger partial charge < -0.3 is 5.32 Å². The van der Waals surface area contributed by atoms with Crippen LogP contribution in [-0.4, -0.2) is 17.2 Å². The van der Waals surface area contributed by atoms with Gasteiger partial charge in [0.1, 0.15) is 0 Å². The second kappa shape index (κ2) is 9.50. The number of carbonyl (C=O) groups excluding carboxylic acids is 1. The van der Waals surface area contributed by atoms with Crippen LogP contribution in [0.1, 0.15) is 41.3 Å². The van der Waals surface area contributed by atoms with Crippen molar-refractivity contribution in [3.8, 4) is 0 Å². The number of thiocarbonyl (C=S) groups is 1. The predicted octanol–water partition coefficient (Wildman–Crippen LogP) is 5.26. The Kier molecular flexibility index (Phi) is 7.36. The molecule has 0 saturated carbocycles. The first-order valence-corrected chi connectivity index (χ1v) is 9.04. The second-order valence-corrected chi connectivity index (χ2v) is 6.61. The highest BCUT2D eigenvalue weighted by atomic mass is 32.1. The Morgan fingerprint density at radius 3 is 2.41 bits per heavy atom. The standard InChI is InChI=1S/C20H21F3N2OS/c1-2-3-5-14-8-10-17(11-9-14)24-19(27)25-18(26)16-7-4-6-15(12-16)13-20(21,22)23/h4,6-12H,2-3,5,13H2,1H3,(H2,24,25,26,27). The van der Waals surface area contributed by atoms with E-state index in [4.69, 9.17) is 12.2 Å². The molecule has 0 aliphatic rings. The Hall–Kier alpha value is -2.41. The lowest BCUT2D eigenvalue weighted by atomic mass is 10.1. The molecule has 7 heteroatoms. The molecule has 0 aromatic heterocycles. The Labute approximate surface area is 162 Å². The average Bonchev–Trinajstić information content (AvgIpc) is 2.60. The van der Waals surface area contributed by atoms with E-state index in [2.05, 4.69) is 17.6 Å². The molecule has 2 N–H and O–H groups in total. The van der Waals surface area contributed by atoms with Crippen LogP contribution < -0.4 is 10.6 Å². The fraction of sp³-hybridized carbons (Fsp3) is 0.300. The van der Waals surface area contributed by atoms with Crippen molar-refractivity contribution in [1.82, 2.24) is 5.32 Å². The molecule has 1 amide bonds. The summed E-state index contributed by atoms with van der Waals surface area (Å²) < 4.78 is 37.5. The van der Waals surface area contributed by atoms with Crippen molar-refractivity contribution in [2.45, 2.75) is 38.8 Å². The van der Waals surface area contributed by atoms with Gasteiger partial charge in [0.05, 0.1) is 6.42 Å². The molecular formula is C20H21F3N2OS. The van der Waals surface area contributed by atoms with Gasteiger partial charge in [-0.2, -0.15) is 13.2 Å². The van der Waals surface area contributed by atoms with Gasteiger partial charge in [-0.3, -0.25) is 10.1 Å². The zero-order chi connectivity index (χ0) is 19.9. The number of aryl methyl sites for hydroxylation is 1. The molecule has 0 aliphatic heterocycles. The second-order valence-electron chi connectivity index (χ2n) is 6.20. The summed E-state index contributed by atoms with van der Waals surface area (Å²) in [6.45, 7) is 2.13. The van der Waals surface area contributed by atoms with Crippen LogP contribution in [0.25, 0.3) is 0 Å². The first-order chi connectivity index (χ1) is 12.8. The van der Waals surface area contributed by atoms with Gasteiger partial charge in [-0.25, -0.2) is 0 Å². The lowest BCUT2D eigenvalue weighted by Crippen LogP contribution is -2.34. The molecule has 3 nitrogen and oxygen atoms in total. The Balaban J connectivity index is 1.93. The molecule has 144 valence electrons. The minimum absolute atomic E-state index is 0.0247. The Bertz CT molecular complexity index is 789. The first kappa shape index (κ1) is 20.9. The van der Waals surface area contributed by atoms with E-state index in [0.29, 0.717) is 0 Å². The van der Waals surface area contributed by atoms with Crippen molar-refractivity contribution in [2.75, 3.05) is 5.32 Å². The molecule has 2 aromatic rings. The highest BCUT2D eigenvalue weighted by Gasteiger charge is 2.27. The quantitative estimate of drug-likeness (QED) is 0.657. The van der Waals surface area contributed by atoms with Crippen LogP contribution in [0.15, 0.2) is 48.5 Å². The molecule has 0 aliphatic carbocycles. The van der Waals surface area contributed by atoms with Crippen molar-refractivity contribution in [3.63, 3.8) is 0 Å². The average molecular weight is 394 g/mol. The molecule has 0 radical (unpaired) electrons.